The van der Waals surface area contributed by atoms with Gasteiger partial charge >= 0.3 is 5.69 Å². The van der Waals surface area contributed by atoms with E-state index < -0.39 is 24.1 Å². The Kier molecular flexibility index (Phi) is 3.57. The molecule has 0 aliphatic carbocycles. The van der Waals surface area contributed by atoms with Gasteiger partial charge in [-0.3, -0.25) is 4.98 Å². The van der Waals surface area contributed by atoms with Crippen LogP contribution in [0.25, 0.3) is 0 Å². The minimum absolute atomic E-state index is 0.137. The molecular formula is C10H12N4O4. The molecule has 0 bridgehead atoms. The molecule has 0 saturated carbocycles. The van der Waals surface area contributed by atoms with Gasteiger partial charge in [-0.1, -0.05) is 0 Å². The van der Waals surface area contributed by atoms with Gasteiger partial charge in [0.15, 0.2) is 6.23 Å². The Bertz CT molecular complexity index is 523. The summed E-state index contributed by atoms with van der Waals surface area (Å²) in [5, 5.41) is 30.2. The Morgan fingerprint density at radius 3 is 3.11 bits per heavy atom. The number of hydrogen-bond acceptors (Lipinski definition) is 7. The van der Waals surface area contributed by atoms with E-state index in [0.29, 0.717) is 0 Å². The number of ether oxygens (including phenoxy) is 1. The Labute approximate surface area is 102 Å². The van der Waals surface area contributed by atoms with Crippen LogP contribution in [0, 0.1) is 11.3 Å². The highest BCUT2D eigenvalue weighted by Crippen LogP contribution is 2.22. The lowest BCUT2D eigenvalue weighted by Crippen LogP contribution is -2.31. The molecular weight excluding hydrogens is 240 g/mol. The quantitative estimate of drug-likeness (QED) is 0.516. The van der Waals surface area contributed by atoms with E-state index in [9.17, 15) is 9.90 Å². The smallest absolute Gasteiger partial charge is 0.346 e. The van der Waals surface area contributed by atoms with Gasteiger partial charge in [-0.25, -0.2) is 9.78 Å². The molecule has 0 unspecified atom stereocenters. The first-order valence-corrected chi connectivity index (χ1v) is 5.34. The summed E-state index contributed by atoms with van der Waals surface area (Å²) in [6, 6.07) is 1.86. The minimum Gasteiger partial charge on any atom is -0.394 e. The number of aromatic amines is 1. The summed E-state index contributed by atoms with van der Waals surface area (Å²) < 4.78 is 5.30. The lowest BCUT2D eigenvalue weighted by Gasteiger charge is -2.17. The summed E-state index contributed by atoms with van der Waals surface area (Å²) in [7, 11) is 0. The number of rotatable bonds is 3. The third kappa shape index (κ3) is 2.48. The fourth-order valence-corrected chi connectivity index (χ4v) is 1.73. The normalized spacial score (nSPS) is 26.8. The molecule has 0 radical (unpaired) electrons. The van der Waals surface area contributed by atoms with E-state index in [0.717, 1.165) is 6.20 Å². The van der Waals surface area contributed by atoms with Crippen LogP contribution in [0.15, 0.2) is 11.0 Å². The number of aromatic nitrogens is 2. The second-order valence-corrected chi connectivity index (χ2v) is 3.90. The lowest BCUT2D eigenvalue weighted by molar-refractivity contribution is 0.00512. The number of anilines is 1. The van der Waals surface area contributed by atoms with Gasteiger partial charge in [-0.15, -0.1) is 0 Å². The maximum atomic E-state index is 11.1. The summed E-state index contributed by atoms with van der Waals surface area (Å²) in [5.41, 5.74) is -0.472. The zero-order chi connectivity index (χ0) is 13.1. The van der Waals surface area contributed by atoms with E-state index >= 15 is 0 Å². The maximum absolute atomic E-state index is 11.1. The SMILES string of the molecule is N#Cc1cnc(=O)[nH]c1N[C@@H]1O[C@H](CO)C[C@H]1O. The van der Waals surface area contributed by atoms with Crippen molar-refractivity contribution in [1.82, 2.24) is 9.97 Å². The zero-order valence-corrected chi connectivity index (χ0v) is 9.33. The van der Waals surface area contributed by atoms with Crippen molar-refractivity contribution in [3.63, 3.8) is 0 Å². The van der Waals surface area contributed by atoms with Crippen molar-refractivity contribution in [2.45, 2.75) is 24.9 Å². The van der Waals surface area contributed by atoms with Crippen molar-refractivity contribution in [3.05, 3.63) is 22.2 Å². The molecule has 1 aliphatic rings. The van der Waals surface area contributed by atoms with Crippen LogP contribution >= 0.6 is 0 Å². The number of aliphatic hydroxyl groups is 2. The maximum Gasteiger partial charge on any atom is 0.346 e. The highest BCUT2D eigenvalue weighted by Gasteiger charge is 2.33. The average Bonchev–Trinajstić information content (AvgIpc) is 2.71. The summed E-state index contributed by atoms with van der Waals surface area (Å²) in [6.07, 6.45) is -0.661. The third-order valence-corrected chi connectivity index (χ3v) is 2.62. The highest BCUT2D eigenvalue weighted by atomic mass is 16.5. The van der Waals surface area contributed by atoms with Crippen LogP contribution in [0.2, 0.25) is 0 Å². The molecule has 0 spiro atoms. The molecule has 1 saturated heterocycles. The molecule has 2 rings (SSSR count). The van der Waals surface area contributed by atoms with Gasteiger partial charge in [-0.05, 0) is 0 Å². The van der Waals surface area contributed by atoms with E-state index in [1.807, 2.05) is 6.07 Å². The molecule has 1 aromatic heterocycles. The number of nitrogens with zero attached hydrogens (tertiary/aromatic N) is 2. The average molecular weight is 252 g/mol. The summed E-state index contributed by atoms with van der Waals surface area (Å²) in [5.74, 6) is 0.139. The van der Waals surface area contributed by atoms with Crippen molar-refractivity contribution in [2.75, 3.05) is 11.9 Å². The van der Waals surface area contributed by atoms with Crippen molar-refractivity contribution in [2.24, 2.45) is 0 Å². The molecule has 0 amide bonds. The fraction of sp³-hybridized carbons (Fsp3) is 0.500. The van der Waals surface area contributed by atoms with Crippen LogP contribution in [0.5, 0.6) is 0 Å². The van der Waals surface area contributed by atoms with Gasteiger partial charge in [0.25, 0.3) is 0 Å². The summed E-state index contributed by atoms with van der Waals surface area (Å²) in [6.45, 7) is -0.201. The second kappa shape index (κ2) is 5.14. The van der Waals surface area contributed by atoms with E-state index in [2.05, 4.69) is 15.3 Å². The molecule has 4 N–H and O–H groups in total. The molecule has 1 aromatic rings. The molecule has 18 heavy (non-hydrogen) atoms. The molecule has 3 atom stereocenters. The van der Waals surface area contributed by atoms with Gasteiger partial charge < -0.3 is 20.3 Å². The van der Waals surface area contributed by atoms with Gasteiger partial charge in [0, 0.05) is 6.42 Å². The van der Waals surface area contributed by atoms with E-state index in [4.69, 9.17) is 15.1 Å². The van der Waals surface area contributed by atoms with E-state index in [-0.39, 0.29) is 24.4 Å². The third-order valence-electron chi connectivity index (χ3n) is 2.62. The molecule has 8 nitrogen and oxygen atoms in total. The van der Waals surface area contributed by atoms with Crippen LogP contribution in [0.1, 0.15) is 12.0 Å². The molecule has 1 aliphatic heterocycles. The Morgan fingerprint density at radius 2 is 2.50 bits per heavy atom. The number of nitrogens with one attached hydrogen (secondary N) is 2. The Hall–Kier alpha value is -1.95. The molecule has 2 heterocycles. The predicted molar refractivity (Wildman–Crippen MR) is 59.6 cm³/mol. The van der Waals surface area contributed by atoms with E-state index in [1.54, 1.807) is 0 Å². The number of aliphatic hydroxyl groups excluding tert-OH is 2. The topological polar surface area (TPSA) is 131 Å². The first-order chi connectivity index (χ1) is 8.63. The van der Waals surface area contributed by atoms with Gasteiger partial charge in [0.1, 0.15) is 23.6 Å². The van der Waals surface area contributed by atoms with Gasteiger partial charge in [0.05, 0.1) is 18.9 Å². The number of H-pyrrole nitrogens is 1. The standard InChI is InChI=1S/C10H12N4O4/c11-2-5-3-12-10(17)14-8(5)13-9-7(16)1-6(4-15)18-9/h3,6-7,9,15-16H,1,4H2,(H2,12,13,14,17)/t6-,7+,9+/m0/s1. The molecule has 96 valence electrons. The zero-order valence-electron chi connectivity index (χ0n) is 9.33. The Balaban J connectivity index is 2.17. The molecule has 8 heteroatoms. The van der Waals surface area contributed by atoms with Crippen LogP contribution in [-0.4, -0.2) is 45.2 Å². The predicted octanol–water partition coefficient (Wildman–Crippen LogP) is -1.48. The van der Waals surface area contributed by atoms with Crippen LogP contribution in [0.4, 0.5) is 5.82 Å². The number of nitriles is 1. The highest BCUT2D eigenvalue weighted by molar-refractivity contribution is 5.50. The van der Waals surface area contributed by atoms with Crippen LogP contribution in [0.3, 0.4) is 0 Å². The molecule has 1 fully saturated rings. The van der Waals surface area contributed by atoms with Crippen LogP contribution < -0.4 is 11.0 Å². The first kappa shape index (κ1) is 12.5. The van der Waals surface area contributed by atoms with Crippen molar-refractivity contribution < 1.29 is 14.9 Å². The molecule has 0 aromatic carbocycles. The summed E-state index contributed by atoms with van der Waals surface area (Å²) >= 11 is 0. The van der Waals surface area contributed by atoms with Gasteiger partial charge in [0.2, 0.25) is 0 Å². The van der Waals surface area contributed by atoms with Crippen molar-refractivity contribution in [1.29, 1.82) is 5.26 Å². The largest absolute Gasteiger partial charge is 0.394 e. The fourth-order valence-electron chi connectivity index (χ4n) is 1.73. The van der Waals surface area contributed by atoms with Crippen molar-refractivity contribution in [3.8, 4) is 6.07 Å². The first-order valence-electron chi connectivity index (χ1n) is 5.34. The monoisotopic (exact) mass is 252 g/mol. The summed E-state index contributed by atoms with van der Waals surface area (Å²) in [4.78, 5) is 16.8. The van der Waals surface area contributed by atoms with Crippen LogP contribution in [-0.2, 0) is 4.74 Å². The number of hydrogen-bond donors (Lipinski definition) is 4. The second-order valence-electron chi connectivity index (χ2n) is 3.90. The van der Waals surface area contributed by atoms with Crippen molar-refractivity contribution >= 4 is 5.82 Å². The Morgan fingerprint density at radius 1 is 1.72 bits per heavy atom. The lowest BCUT2D eigenvalue weighted by atomic mass is 10.2. The van der Waals surface area contributed by atoms with Gasteiger partial charge in [-0.2, -0.15) is 5.26 Å². The minimum atomic E-state index is -0.828. The van der Waals surface area contributed by atoms with E-state index in [1.165, 1.54) is 0 Å².